The molecule has 1 heterocycles. The van der Waals surface area contributed by atoms with Gasteiger partial charge in [-0.05, 0) is 57.5 Å². The van der Waals surface area contributed by atoms with Crippen LogP contribution in [0.5, 0.6) is 5.75 Å². The Balaban J connectivity index is 2.24. The molecule has 0 amide bonds. The zero-order valence-electron chi connectivity index (χ0n) is 17.9. The van der Waals surface area contributed by atoms with E-state index < -0.39 is 17.8 Å². The third-order valence-corrected chi connectivity index (χ3v) is 5.10. The molecule has 1 aromatic heterocycles. The number of ketones is 1. The molecule has 1 N–H and O–H groups in total. The zero-order chi connectivity index (χ0) is 21.7. The standard InChI is InChI=1S/C22H29FN2O4/c1-7-25(12-16-9-10-18(28-6)17(23)11-16)15(5)21(26)20-13(3)19(14(4)24-20)22(27)29-8-2/h9-11,15,24H,7-8,12H2,1-6H3/t15-/m0/s1. The number of nitrogens with zero attached hydrogens (tertiary/aromatic N) is 1. The lowest BCUT2D eigenvalue weighted by molar-refractivity contribution is 0.0525. The first-order valence-corrected chi connectivity index (χ1v) is 9.71. The molecule has 7 heteroatoms. The second-order valence-electron chi connectivity index (χ2n) is 6.92. The molecule has 0 spiro atoms. The fraction of sp³-hybridized carbons (Fsp3) is 0.455. The highest BCUT2D eigenvalue weighted by Crippen LogP contribution is 2.23. The van der Waals surface area contributed by atoms with Gasteiger partial charge in [0.05, 0.1) is 31.0 Å². The minimum Gasteiger partial charge on any atom is -0.494 e. The largest absolute Gasteiger partial charge is 0.494 e. The molecule has 1 aromatic carbocycles. The van der Waals surface area contributed by atoms with Crippen molar-refractivity contribution in [3.05, 3.63) is 52.1 Å². The molecule has 2 rings (SSSR count). The number of hydrogen-bond donors (Lipinski definition) is 1. The number of Topliss-reactive ketones (excluding diaryl/α,β-unsaturated/α-hetero) is 1. The number of aromatic nitrogens is 1. The van der Waals surface area contributed by atoms with Crippen LogP contribution >= 0.6 is 0 Å². The lowest BCUT2D eigenvalue weighted by Crippen LogP contribution is -2.39. The van der Waals surface area contributed by atoms with Crippen LogP contribution in [0.2, 0.25) is 0 Å². The second kappa shape index (κ2) is 9.69. The van der Waals surface area contributed by atoms with Gasteiger partial charge in [0.15, 0.2) is 17.3 Å². The Bertz CT molecular complexity index is 891. The van der Waals surface area contributed by atoms with E-state index in [1.54, 1.807) is 32.9 Å². The average molecular weight is 404 g/mol. The van der Waals surface area contributed by atoms with Gasteiger partial charge in [-0.1, -0.05) is 13.0 Å². The molecule has 0 aliphatic carbocycles. The summed E-state index contributed by atoms with van der Waals surface area (Å²) in [6.45, 7) is 10.3. The van der Waals surface area contributed by atoms with Crippen molar-refractivity contribution in [3.63, 3.8) is 0 Å². The number of esters is 1. The molecule has 0 saturated heterocycles. The predicted octanol–water partition coefficient (Wildman–Crippen LogP) is 4.05. The molecular weight excluding hydrogens is 375 g/mol. The van der Waals surface area contributed by atoms with Crippen LogP contribution in [-0.2, 0) is 11.3 Å². The van der Waals surface area contributed by atoms with Gasteiger partial charge in [-0.2, -0.15) is 0 Å². The Morgan fingerprint density at radius 3 is 2.48 bits per heavy atom. The van der Waals surface area contributed by atoms with E-state index in [2.05, 4.69) is 4.98 Å². The van der Waals surface area contributed by atoms with E-state index in [-0.39, 0.29) is 18.1 Å². The fourth-order valence-electron chi connectivity index (χ4n) is 3.45. The van der Waals surface area contributed by atoms with Gasteiger partial charge in [0, 0.05) is 12.2 Å². The van der Waals surface area contributed by atoms with Crippen LogP contribution in [-0.4, -0.2) is 47.9 Å². The molecule has 0 radical (unpaired) electrons. The van der Waals surface area contributed by atoms with E-state index in [4.69, 9.17) is 9.47 Å². The van der Waals surface area contributed by atoms with Crippen LogP contribution in [0.15, 0.2) is 18.2 Å². The molecule has 2 aromatic rings. The van der Waals surface area contributed by atoms with Gasteiger partial charge in [-0.3, -0.25) is 9.69 Å². The Hall–Kier alpha value is -2.67. The molecule has 158 valence electrons. The molecule has 0 aliphatic rings. The van der Waals surface area contributed by atoms with Gasteiger partial charge in [-0.15, -0.1) is 0 Å². The van der Waals surface area contributed by atoms with Gasteiger partial charge in [0.2, 0.25) is 0 Å². The smallest absolute Gasteiger partial charge is 0.340 e. The van der Waals surface area contributed by atoms with E-state index in [1.807, 2.05) is 18.7 Å². The van der Waals surface area contributed by atoms with E-state index in [0.29, 0.717) is 35.6 Å². The van der Waals surface area contributed by atoms with Gasteiger partial charge in [-0.25, -0.2) is 9.18 Å². The highest BCUT2D eigenvalue weighted by atomic mass is 19.1. The summed E-state index contributed by atoms with van der Waals surface area (Å²) >= 11 is 0. The lowest BCUT2D eigenvalue weighted by Gasteiger charge is -2.27. The second-order valence-corrected chi connectivity index (χ2v) is 6.92. The molecule has 0 unspecified atom stereocenters. The summed E-state index contributed by atoms with van der Waals surface area (Å²) in [7, 11) is 1.42. The van der Waals surface area contributed by atoms with E-state index >= 15 is 0 Å². The third kappa shape index (κ3) is 4.85. The fourth-order valence-corrected chi connectivity index (χ4v) is 3.45. The number of halogens is 1. The maximum Gasteiger partial charge on any atom is 0.340 e. The molecular formula is C22H29FN2O4. The monoisotopic (exact) mass is 404 g/mol. The van der Waals surface area contributed by atoms with Crippen molar-refractivity contribution >= 4 is 11.8 Å². The zero-order valence-corrected chi connectivity index (χ0v) is 17.9. The SMILES string of the molecule is CCOC(=O)c1c(C)[nH]c(C(=O)[C@H](C)N(CC)Cc2ccc(OC)c(F)c2)c1C. The first kappa shape index (κ1) is 22.6. The number of nitrogens with one attached hydrogen (secondary N) is 1. The minimum atomic E-state index is -0.461. The molecule has 0 aliphatic heterocycles. The normalized spacial score (nSPS) is 12.1. The number of carbonyl (C=O) groups excluding carboxylic acids is 2. The molecule has 6 nitrogen and oxygen atoms in total. The predicted molar refractivity (Wildman–Crippen MR) is 109 cm³/mol. The lowest BCUT2D eigenvalue weighted by atomic mass is 10.0. The van der Waals surface area contributed by atoms with Crippen LogP contribution < -0.4 is 4.74 Å². The molecule has 1 atom stereocenters. The van der Waals surface area contributed by atoms with E-state index in [1.165, 1.54) is 13.2 Å². The molecule has 29 heavy (non-hydrogen) atoms. The number of hydrogen-bond acceptors (Lipinski definition) is 5. The number of H-pyrrole nitrogens is 1. The van der Waals surface area contributed by atoms with Crippen molar-refractivity contribution in [2.24, 2.45) is 0 Å². The highest BCUT2D eigenvalue weighted by Gasteiger charge is 2.28. The number of carbonyl (C=O) groups is 2. The Morgan fingerprint density at radius 2 is 1.93 bits per heavy atom. The van der Waals surface area contributed by atoms with Crippen LogP contribution in [0.4, 0.5) is 4.39 Å². The molecule has 0 fully saturated rings. The molecule has 0 saturated carbocycles. The van der Waals surface area contributed by atoms with Crippen molar-refractivity contribution in [2.45, 2.75) is 47.2 Å². The summed E-state index contributed by atoms with van der Waals surface area (Å²) in [6.07, 6.45) is 0. The Labute approximate surface area is 171 Å². The Morgan fingerprint density at radius 1 is 1.24 bits per heavy atom. The van der Waals surface area contributed by atoms with Crippen molar-refractivity contribution in [1.82, 2.24) is 9.88 Å². The van der Waals surface area contributed by atoms with Gasteiger partial charge < -0.3 is 14.5 Å². The first-order valence-electron chi connectivity index (χ1n) is 9.71. The maximum atomic E-state index is 14.0. The number of rotatable bonds is 9. The Kier molecular flexibility index (Phi) is 7.56. The molecule has 0 bridgehead atoms. The summed E-state index contributed by atoms with van der Waals surface area (Å²) in [6, 6.07) is 4.32. The van der Waals surface area contributed by atoms with E-state index in [0.717, 1.165) is 5.56 Å². The number of ether oxygens (including phenoxy) is 2. The summed E-state index contributed by atoms with van der Waals surface area (Å²) < 4.78 is 24.1. The number of methoxy groups -OCH3 is 1. The third-order valence-electron chi connectivity index (χ3n) is 5.10. The van der Waals surface area contributed by atoms with Crippen molar-refractivity contribution < 1.29 is 23.5 Å². The van der Waals surface area contributed by atoms with Crippen LogP contribution in [0.25, 0.3) is 0 Å². The van der Waals surface area contributed by atoms with E-state index in [9.17, 15) is 14.0 Å². The van der Waals surface area contributed by atoms with Crippen LogP contribution in [0.1, 0.15) is 58.4 Å². The number of aromatic amines is 1. The quantitative estimate of drug-likeness (QED) is 0.504. The average Bonchev–Trinajstić information content (AvgIpc) is 2.99. The summed E-state index contributed by atoms with van der Waals surface area (Å²) in [5, 5.41) is 0. The number of benzene rings is 1. The van der Waals surface area contributed by atoms with Crippen molar-refractivity contribution in [2.75, 3.05) is 20.3 Å². The first-order chi connectivity index (χ1) is 13.7. The van der Waals surface area contributed by atoms with Crippen LogP contribution in [0.3, 0.4) is 0 Å². The van der Waals surface area contributed by atoms with Crippen molar-refractivity contribution in [1.29, 1.82) is 0 Å². The number of likely N-dealkylation sites (N-methyl/N-ethyl adjacent to an activating group) is 1. The van der Waals surface area contributed by atoms with Gasteiger partial charge in [0.1, 0.15) is 0 Å². The maximum absolute atomic E-state index is 14.0. The highest BCUT2D eigenvalue weighted by molar-refractivity contribution is 6.03. The summed E-state index contributed by atoms with van der Waals surface area (Å²) in [5.41, 5.74) is 2.75. The van der Waals surface area contributed by atoms with Crippen LogP contribution in [0, 0.1) is 19.7 Å². The van der Waals surface area contributed by atoms with Gasteiger partial charge >= 0.3 is 5.97 Å². The topological polar surface area (TPSA) is 71.6 Å². The van der Waals surface area contributed by atoms with Crippen molar-refractivity contribution in [3.8, 4) is 5.75 Å². The minimum absolute atomic E-state index is 0.128. The van der Waals surface area contributed by atoms with Gasteiger partial charge in [0.25, 0.3) is 0 Å². The summed E-state index contributed by atoms with van der Waals surface area (Å²) in [4.78, 5) is 30.3. The summed E-state index contributed by atoms with van der Waals surface area (Å²) in [5.74, 6) is -0.816. The number of aryl methyl sites for hydroxylation is 1.